The van der Waals surface area contributed by atoms with Crippen LogP contribution >= 0.6 is 19.0 Å². The molecule has 8 nitrogen and oxygen atoms in total. The van der Waals surface area contributed by atoms with Gasteiger partial charge in [-0.1, -0.05) is 44.5 Å². The molecule has 2 aromatic rings. The fraction of sp³-hybridized carbons (Fsp3) is 0.480. The average Bonchev–Trinajstić information content (AvgIpc) is 2.76. The molecule has 1 aromatic carbocycles. The molecule has 194 valence electrons. The molecule has 1 N–H and O–H groups in total. The minimum Gasteiger partial charge on any atom is -0.465 e. The van der Waals surface area contributed by atoms with E-state index in [1.165, 1.54) is 11.0 Å². The second-order valence-corrected chi connectivity index (χ2v) is 13.6. The van der Waals surface area contributed by atoms with Crippen molar-refractivity contribution in [2.45, 2.75) is 46.7 Å². The van der Waals surface area contributed by atoms with Gasteiger partial charge in [0.25, 0.3) is 7.44 Å². The van der Waals surface area contributed by atoms with Crippen LogP contribution in [-0.2, 0) is 4.57 Å². The number of carbonyl (C=O) groups is 1. The number of halogens is 2. The van der Waals surface area contributed by atoms with Crippen LogP contribution in [0.2, 0.25) is 5.02 Å². The molecule has 3 heterocycles. The topological polar surface area (TPSA) is 89.3 Å². The van der Waals surface area contributed by atoms with Crippen LogP contribution < -0.4 is 4.67 Å². The van der Waals surface area contributed by atoms with Gasteiger partial charge in [0, 0.05) is 43.9 Å². The first-order chi connectivity index (χ1) is 16.7. The number of anilines is 1. The highest BCUT2D eigenvalue weighted by atomic mass is 35.5. The summed E-state index contributed by atoms with van der Waals surface area (Å²) < 4.78 is 35.3. The van der Waals surface area contributed by atoms with Gasteiger partial charge >= 0.3 is 6.09 Å². The van der Waals surface area contributed by atoms with Gasteiger partial charge in [0.15, 0.2) is 0 Å². The first kappa shape index (κ1) is 26.4. The lowest BCUT2D eigenvalue weighted by molar-refractivity contribution is 0.0751. The Morgan fingerprint density at radius 1 is 1.19 bits per heavy atom. The monoisotopic (exact) mass is 535 g/mol. The standard InChI is InChI=1S/C25H32ClFN5O3P/c1-15-13-31(24(33)34)16(2)12-30(15)23-18-11-19(26)21(17-9-7-8-10-20(17)27)28-22(18)32(14-25(3,4)5)36(6,35)29-23/h7-11,15-16H,12-14H2,1-6H3,(H,33,34)/t15-,16+,36?/m0/s1. The summed E-state index contributed by atoms with van der Waals surface area (Å²) in [5, 5.41) is 9.82. The van der Waals surface area contributed by atoms with Crippen LogP contribution in [0.4, 0.5) is 15.0 Å². The Morgan fingerprint density at radius 2 is 1.86 bits per heavy atom. The number of piperazine rings is 1. The third-order valence-electron chi connectivity index (χ3n) is 6.43. The van der Waals surface area contributed by atoms with Crippen molar-refractivity contribution in [1.82, 2.24) is 14.8 Å². The minimum atomic E-state index is -3.32. The Bertz CT molecular complexity index is 1280. The summed E-state index contributed by atoms with van der Waals surface area (Å²) in [6.07, 6.45) is -0.975. The van der Waals surface area contributed by atoms with Crippen LogP contribution in [-0.4, -0.2) is 70.2 Å². The van der Waals surface area contributed by atoms with Crippen molar-refractivity contribution in [1.29, 1.82) is 0 Å². The number of aromatic nitrogens is 1. The molecule has 0 saturated carbocycles. The van der Waals surface area contributed by atoms with Gasteiger partial charge in [0.05, 0.1) is 16.3 Å². The molecule has 3 atom stereocenters. The van der Waals surface area contributed by atoms with Crippen molar-refractivity contribution in [3.63, 3.8) is 0 Å². The predicted octanol–water partition coefficient (Wildman–Crippen LogP) is 6.05. The van der Waals surface area contributed by atoms with Crippen molar-refractivity contribution in [2.24, 2.45) is 10.2 Å². The predicted molar refractivity (Wildman–Crippen MR) is 142 cm³/mol. The van der Waals surface area contributed by atoms with E-state index in [1.807, 2.05) is 39.5 Å². The molecule has 1 amide bonds. The fourth-order valence-electron chi connectivity index (χ4n) is 4.70. The molecule has 0 bridgehead atoms. The first-order valence-corrected chi connectivity index (χ1v) is 14.3. The number of amidine groups is 1. The number of pyridine rings is 1. The van der Waals surface area contributed by atoms with Crippen LogP contribution in [0.3, 0.4) is 0 Å². The summed E-state index contributed by atoms with van der Waals surface area (Å²) in [5.41, 5.74) is 0.893. The Morgan fingerprint density at radius 3 is 2.47 bits per heavy atom. The van der Waals surface area contributed by atoms with Crippen LogP contribution in [0.5, 0.6) is 0 Å². The van der Waals surface area contributed by atoms with Gasteiger partial charge in [-0.15, -0.1) is 0 Å². The second-order valence-electron chi connectivity index (χ2n) is 10.8. The van der Waals surface area contributed by atoms with E-state index in [9.17, 15) is 18.9 Å². The number of benzene rings is 1. The van der Waals surface area contributed by atoms with E-state index in [2.05, 4.69) is 0 Å². The zero-order valence-corrected chi connectivity index (χ0v) is 23.0. The smallest absolute Gasteiger partial charge is 0.407 e. The Labute approximate surface area is 216 Å². The van der Waals surface area contributed by atoms with E-state index >= 15 is 0 Å². The summed E-state index contributed by atoms with van der Waals surface area (Å²) in [6.45, 7) is 12.5. The molecular formula is C25H32ClFN5O3P. The summed E-state index contributed by atoms with van der Waals surface area (Å²) in [6, 6.07) is 7.47. The summed E-state index contributed by atoms with van der Waals surface area (Å²) in [7, 11) is -3.32. The highest BCUT2D eigenvalue weighted by Gasteiger charge is 2.42. The molecule has 1 unspecified atom stereocenters. The maximum atomic E-state index is 14.7. The largest absolute Gasteiger partial charge is 0.465 e. The lowest BCUT2D eigenvalue weighted by Gasteiger charge is -2.46. The van der Waals surface area contributed by atoms with Gasteiger partial charge in [-0.05, 0) is 37.5 Å². The molecule has 1 aromatic heterocycles. The maximum absolute atomic E-state index is 14.7. The number of hydrogen-bond donors (Lipinski definition) is 1. The SMILES string of the molecule is C[C@@H]1CN(C2=NP(C)(=O)N(CC(C)(C)C)c3nc(-c4ccccc4F)c(Cl)cc32)[C@@H](C)CN1C(=O)O. The van der Waals surface area contributed by atoms with Crippen LogP contribution in [0.25, 0.3) is 11.3 Å². The van der Waals surface area contributed by atoms with Crippen molar-refractivity contribution in [3.05, 3.63) is 46.7 Å². The van der Waals surface area contributed by atoms with Crippen molar-refractivity contribution >= 4 is 36.8 Å². The zero-order chi connectivity index (χ0) is 26.6. The van der Waals surface area contributed by atoms with Crippen molar-refractivity contribution < 1.29 is 18.9 Å². The Kier molecular flexibility index (Phi) is 6.86. The molecule has 4 rings (SSSR count). The van der Waals surface area contributed by atoms with Crippen LogP contribution in [0.1, 0.15) is 40.2 Å². The Hall–Kier alpha value is -2.64. The number of amides is 1. The summed E-state index contributed by atoms with van der Waals surface area (Å²) in [5.74, 6) is 0.453. The van der Waals surface area contributed by atoms with E-state index in [-0.39, 0.29) is 40.3 Å². The normalized spacial score (nSPS) is 24.4. The number of rotatable bonds is 2. The summed E-state index contributed by atoms with van der Waals surface area (Å²) >= 11 is 6.68. The number of hydrogen-bond acceptors (Lipinski definition) is 4. The van der Waals surface area contributed by atoms with Crippen LogP contribution in [0.15, 0.2) is 35.1 Å². The zero-order valence-electron chi connectivity index (χ0n) is 21.4. The van der Waals surface area contributed by atoms with Crippen molar-refractivity contribution in [3.8, 4) is 11.3 Å². The van der Waals surface area contributed by atoms with Gasteiger partial charge in [0.1, 0.15) is 17.5 Å². The minimum absolute atomic E-state index is 0.219. The maximum Gasteiger partial charge on any atom is 0.407 e. The Balaban J connectivity index is 1.90. The van der Waals surface area contributed by atoms with Gasteiger partial charge in [-0.2, -0.15) is 4.76 Å². The number of nitrogens with zero attached hydrogens (tertiary/aromatic N) is 5. The van der Waals surface area contributed by atoms with E-state index in [0.29, 0.717) is 30.3 Å². The number of carboxylic acid groups (broad SMARTS) is 1. The first-order valence-electron chi connectivity index (χ1n) is 11.9. The molecule has 0 spiro atoms. The third-order valence-corrected chi connectivity index (χ3v) is 8.50. The van der Waals surface area contributed by atoms with Gasteiger partial charge in [-0.3, -0.25) is 9.24 Å². The third kappa shape index (κ3) is 4.96. The highest BCUT2D eigenvalue weighted by molar-refractivity contribution is 7.63. The van der Waals surface area contributed by atoms with E-state index in [0.717, 1.165) is 0 Å². The molecule has 1 fully saturated rings. The lowest BCUT2D eigenvalue weighted by Crippen LogP contribution is -2.59. The second kappa shape index (κ2) is 9.34. The lowest BCUT2D eigenvalue weighted by atomic mass is 9.96. The molecule has 1 saturated heterocycles. The van der Waals surface area contributed by atoms with E-state index in [1.54, 1.807) is 35.6 Å². The van der Waals surface area contributed by atoms with Gasteiger partial charge in [0.2, 0.25) is 0 Å². The molecule has 36 heavy (non-hydrogen) atoms. The highest BCUT2D eigenvalue weighted by Crippen LogP contribution is 2.56. The van der Waals surface area contributed by atoms with Gasteiger partial charge < -0.3 is 14.9 Å². The van der Waals surface area contributed by atoms with E-state index < -0.39 is 19.4 Å². The van der Waals surface area contributed by atoms with E-state index in [4.69, 9.17) is 21.3 Å². The van der Waals surface area contributed by atoms with Gasteiger partial charge in [-0.25, -0.2) is 14.2 Å². The average molecular weight is 536 g/mol. The quantitative estimate of drug-likeness (QED) is 0.471. The molecule has 11 heteroatoms. The molecule has 0 radical (unpaired) electrons. The molecular weight excluding hydrogens is 504 g/mol. The van der Waals surface area contributed by atoms with Crippen molar-refractivity contribution in [2.75, 3.05) is 31.0 Å². The fourth-order valence-corrected chi connectivity index (χ4v) is 6.82. The molecule has 0 aliphatic carbocycles. The molecule has 2 aliphatic rings. The molecule has 2 aliphatic heterocycles. The number of fused-ring (bicyclic) bond motifs is 1. The summed E-state index contributed by atoms with van der Waals surface area (Å²) in [4.78, 5) is 19.9. The van der Waals surface area contributed by atoms with Crippen LogP contribution in [0, 0.1) is 11.2 Å².